The van der Waals surface area contributed by atoms with E-state index in [1.807, 2.05) is 0 Å². The smallest absolute Gasteiger partial charge is 0 e. The maximum absolute atomic E-state index is 3.32. The normalized spacial score (nSPS) is 15.4. The van der Waals surface area contributed by atoms with Crippen LogP contribution in [0.1, 0.15) is 137 Å². The molecule has 0 saturated carbocycles. The van der Waals surface area contributed by atoms with Gasteiger partial charge in [-0.25, -0.2) is 46.6 Å². The Kier molecular flexibility index (Phi) is 32.0. The van der Waals surface area contributed by atoms with Crippen molar-refractivity contribution in [3.8, 4) is 0 Å². The molecule has 2 heteroatoms. The molecule has 0 aromatic heterocycles. The summed E-state index contributed by atoms with van der Waals surface area (Å²) >= 11 is 0. The zero-order chi connectivity index (χ0) is 26.8. The van der Waals surface area contributed by atoms with Crippen LogP contribution in [0.5, 0.6) is 0 Å². The largest absolute Gasteiger partial charge is 0.269 e. The third kappa shape index (κ3) is 24.0. The van der Waals surface area contributed by atoms with Gasteiger partial charge in [0.2, 0.25) is 0 Å². The molecule has 0 aromatic carbocycles. The summed E-state index contributed by atoms with van der Waals surface area (Å²) in [5.74, 6) is 0. The van der Waals surface area contributed by atoms with Gasteiger partial charge < -0.3 is 0 Å². The van der Waals surface area contributed by atoms with Crippen molar-refractivity contribution in [3.05, 3.63) is 95.2 Å². The summed E-state index contributed by atoms with van der Waals surface area (Å²) in [6.45, 7) is 8.89. The Morgan fingerprint density at radius 2 is 0.718 bits per heavy atom. The van der Waals surface area contributed by atoms with Crippen LogP contribution in [0.3, 0.4) is 0 Å². The molecule has 0 heterocycles. The number of hydrogen-bond acceptors (Lipinski definition) is 0. The maximum Gasteiger partial charge on any atom is 0 e. The summed E-state index contributed by atoms with van der Waals surface area (Å²) in [5.41, 5.74) is 5.66. The van der Waals surface area contributed by atoms with Crippen molar-refractivity contribution in [1.82, 2.24) is 0 Å². The minimum Gasteiger partial charge on any atom is -0.269 e. The quantitative estimate of drug-likeness (QED) is 0.0984. The first-order chi connectivity index (χ1) is 18.2. The molecule has 4 aliphatic rings. The predicted octanol–water partition coefficient (Wildman–Crippen LogP) is 11.8. The zero-order valence-electron chi connectivity index (χ0n) is 25.6. The SMILES string of the molecule is CCCC1=[C-]CC=C1.CCCCC1=[C-]CC=C1.CCCCCC1=[C-]CC=C1.CCCCCC1=[C-]CC=C1.[Hf].[Hf]. The van der Waals surface area contributed by atoms with Gasteiger partial charge in [-0.3, -0.25) is 24.3 Å². The van der Waals surface area contributed by atoms with Crippen molar-refractivity contribution in [2.24, 2.45) is 0 Å². The molecule has 0 aromatic rings. The number of rotatable bonds is 13. The van der Waals surface area contributed by atoms with E-state index in [2.05, 4.69) is 101 Å². The number of unbranched alkanes of at least 4 members (excludes halogenated alkanes) is 5. The van der Waals surface area contributed by atoms with E-state index in [1.165, 1.54) is 106 Å². The van der Waals surface area contributed by atoms with E-state index in [0.717, 1.165) is 25.7 Å². The van der Waals surface area contributed by atoms with E-state index in [0.29, 0.717) is 0 Å². The van der Waals surface area contributed by atoms with Crippen LogP contribution in [0.4, 0.5) is 0 Å². The van der Waals surface area contributed by atoms with Crippen molar-refractivity contribution in [2.45, 2.75) is 137 Å². The molecule has 0 N–H and O–H groups in total. The Bertz CT molecular complexity index is 778. The second kappa shape index (κ2) is 30.6. The Morgan fingerprint density at radius 3 is 0.974 bits per heavy atom. The van der Waals surface area contributed by atoms with Gasteiger partial charge in [0.15, 0.2) is 0 Å². The van der Waals surface area contributed by atoms with Crippen LogP contribution in [0.15, 0.2) is 70.9 Å². The summed E-state index contributed by atoms with van der Waals surface area (Å²) < 4.78 is 0. The maximum atomic E-state index is 3.32. The van der Waals surface area contributed by atoms with Gasteiger partial charge in [0.25, 0.3) is 0 Å². The molecule has 4 aliphatic carbocycles. The van der Waals surface area contributed by atoms with Crippen LogP contribution >= 0.6 is 0 Å². The monoisotopic (exact) mass is 858 g/mol. The van der Waals surface area contributed by atoms with Gasteiger partial charge in [-0.15, -0.1) is 25.7 Å². The Balaban J connectivity index is 0. The van der Waals surface area contributed by atoms with E-state index >= 15 is 0 Å². The second-order valence-electron chi connectivity index (χ2n) is 10.0. The van der Waals surface area contributed by atoms with Crippen molar-refractivity contribution < 1.29 is 51.7 Å². The van der Waals surface area contributed by atoms with Crippen LogP contribution in [0.25, 0.3) is 0 Å². The molecule has 0 atom stereocenters. The zero-order valence-corrected chi connectivity index (χ0v) is 32.8. The summed E-state index contributed by atoms with van der Waals surface area (Å²) in [5, 5.41) is 0. The van der Waals surface area contributed by atoms with Gasteiger partial charge in [0, 0.05) is 51.7 Å². The fourth-order valence-corrected chi connectivity index (χ4v) is 4.25. The molecule has 0 unspecified atom stereocenters. The standard InChI is InChI=1S/2C10H15.C9H13.C8H11.2Hf/c2*1-2-3-4-7-10-8-5-6-9-10;1-2-3-6-9-7-4-5-8-9;1-2-5-8-6-3-4-7-8;;/h2*5,8H,2-4,6-7H2,1H3;4,7H,2-3,5-6H2,1H3;3,6H,2,4-5H2,1H3;;/q4*-1;;. The van der Waals surface area contributed by atoms with Crippen LogP contribution in [-0.4, -0.2) is 0 Å². The van der Waals surface area contributed by atoms with Crippen molar-refractivity contribution in [1.29, 1.82) is 0 Å². The van der Waals surface area contributed by atoms with Gasteiger partial charge >= 0.3 is 0 Å². The van der Waals surface area contributed by atoms with Gasteiger partial charge in [-0.05, 0) is 0 Å². The average molecular weight is 856 g/mol. The molecule has 0 aliphatic heterocycles. The summed E-state index contributed by atoms with van der Waals surface area (Å²) in [6, 6.07) is 0. The van der Waals surface area contributed by atoms with Crippen LogP contribution < -0.4 is 0 Å². The minimum absolute atomic E-state index is 0. The number of hydrogen-bond donors (Lipinski definition) is 0. The fourth-order valence-electron chi connectivity index (χ4n) is 4.25. The molecule has 4 rings (SSSR count). The first-order valence-electron chi connectivity index (χ1n) is 15.3. The first kappa shape index (κ1) is 40.8. The van der Waals surface area contributed by atoms with E-state index in [1.54, 1.807) is 0 Å². The van der Waals surface area contributed by atoms with E-state index in [-0.39, 0.29) is 51.7 Å². The van der Waals surface area contributed by atoms with E-state index in [4.69, 9.17) is 0 Å². The van der Waals surface area contributed by atoms with Gasteiger partial charge in [-0.2, -0.15) is 24.3 Å². The third-order valence-corrected chi connectivity index (χ3v) is 6.48. The molecule has 0 saturated heterocycles. The van der Waals surface area contributed by atoms with Crippen molar-refractivity contribution in [3.63, 3.8) is 0 Å². The van der Waals surface area contributed by atoms with Crippen LogP contribution in [0.2, 0.25) is 0 Å². The second-order valence-corrected chi connectivity index (χ2v) is 10.0. The summed E-state index contributed by atoms with van der Waals surface area (Å²) in [6.07, 6.45) is 51.6. The molecule has 0 bridgehead atoms. The van der Waals surface area contributed by atoms with Gasteiger partial charge in [0.1, 0.15) is 0 Å². The molecular weight excluding hydrogens is 801 g/mol. The Morgan fingerprint density at radius 1 is 0.410 bits per heavy atom. The van der Waals surface area contributed by atoms with Gasteiger partial charge in [-0.1, -0.05) is 111 Å². The summed E-state index contributed by atoms with van der Waals surface area (Å²) in [7, 11) is 0. The molecule has 39 heavy (non-hydrogen) atoms. The topological polar surface area (TPSA) is 0 Å². The van der Waals surface area contributed by atoms with Crippen molar-refractivity contribution >= 4 is 0 Å². The molecule has 0 fully saturated rings. The Hall–Kier alpha value is -0.340. The van der Waals surface area contributed by atoms with E-state index in [9.17, 15) is 0 Å². The molecule has 0 radical (unpaired) electrons. The molecule has 214 valence electrons. The molecular formula is C37H54Hf2-4. The predicted molar refractivity (Wildman–Crippen MR) is 165 cm³/mol. The summed E-state index contributed by atoms with van der Waals surface area (Å²) in [4.78, 5) is 0. The van der Waals surface area contributed by atoms with Gasteiger partial charge in [0.05, 0.1) is 0 Å². The van der Waals surface area contributed by atoms with E-state index < -0.39 is 0 Å². The Labute approximate surface area is 281 Å². The fraction of sp³-hybridized carbons (Fsp3) is 0.568. The van der Waals surface area contributed by atoms with Crippen LogP contribution in [-0.2, 0) is 51.7 Å². The molecule has 0 amide bonds. The van der Waals surface area contributed by atoms with Crippen LogP contribution in [0, 0.1) is 24.3 Å². The average Bonchev–Trinajstić information content (AvgIpc) is 3.73. The third-order valence-electron chi connectivity index (χ3n) is 6.48. The molecule has 0 spiro atoms. The molecule has 0 nitrogen and oxygen atoms in total. The minimum atomic E-state index is 0. The number of allylic oxidation sites excluding steroid dienone is 16. The van der Waals surface area contributed by atoms with Crippen molar-refractivity contribution in [2.75, 3.05) is 0 Å². The first-order valence-corrected chi connectivity index (χ1v) is 15.3.